The molecule has 0 aliphatic heterocycles. The van der Waals surface area contributed by atoms with E-state index in [1.165, 1.54) is 0 Å². The van der Waals surface area contributed by atoms with E-state index in [9.17, 15) is 4.79 Å². The number of hydrogen-bond donors (Lipinski definition) is 1. The molecule has 0 heterocycles. The predicted octanol–water partition coefficient (Wildman–Crippen LogP) is 3.50. The van der Waals surface area contributed by atoms with Gasteiger partial charge in [-0.25, -0.2) is 0 Å². The fourth-order valence-electron chi connectivity index (χ4n) is 1.80. The second-order valence-corrected chi connectivity index (χ2v) is 5.80. The van der Waals surface area contributed by atoms with Gasteiger partial charge in [0.1, 0.15) is 5.75 Å². The van der Waals surface area contributed by atoms with Crippen molar-refractivity contribution < 1.29 is 9.53 Å². The molecule has 0 radical (unpaired) electrons. The predicted molar refractivity (Wildman–Crippen MR) is 75.2 cm³/mol. The lowest BCUT2D eigenvalue weighted by Gasteiger charge is -2.25. The lowest BCUT2D eigenvalue weighted by Crippen LogP contribution is -2.31. The van der Waals surface area contributed by atoms with Crippen LogP contribution in [0.15, 0.2) is 24.3 Å². The Bertz CT molecular complexity index is 390. The van der Waals surface area contributed by atoms with Gasteiger partial charge in [0.15, 0.2) is 5.78 Å². The Balaban J connectivity index is 2.74. The van der Waals surface area contributed by atoms with E-state index in [0.29, 0.717) is 0 Å². The molecule has 0 fully saturated rings. The Morgan fingerprint density at radius 1 is 1.28 bits per heavy atom. The summed E-state index contributed by atoms with van der Waals surface area (Å²) in [6.45, 7) is 8.04. The summed E-state index contributed by atoms with van der Waals surface area (Å²) in [7, 11) is 1.64. The van der Waals surface area contributed by atoms with Crippen molar-refractivity contribution in [2.75, 3.05) is 12.4 Å². The maximum absolute atomic E-state index is 11.7. The monoisotopic (exact) mass is 249 g/mol. The summed E-state index contributed by atoms with van der Waals surface area (Å²) < 4.78 is 5.11. The standard InChI is InChI=1S/C15H23NO2/c1-11(17)14(10-15(2,3)4)16-12-6-8-13(18-5)9-7-12/h6-9,14,16H,10H2,1-5H3/t14-/m0/s1. The zero-order valence-electron chi connectivity index (χ0n) is 11.9. The van der Waals surface area contributed by atoms with Crippen LogP contribution >= 0.6 is 0 Å². The molecule has 0 aliphatic carbocycles. The molecule has 100 valence electrons. The van der Waals surface area contributed by atoms with E-state index in [2.05, 4.69) is 26.1 Å². The highest BCUT2D eigenvalue weighted by molar-refractivity contribution is 5.84. The van der Waals surface area contributed by atoms with Gasteiger partial charge in [-0.1, -0.05) is 20.8 Å². The Kier molecular flexibility index (Phi) is 4.76. The van der Waals surface area contributed by atoms with Crippen LogP contribution in [-0.4, -0.2) is 18.9 Å². The van der Waals surface area contributed by atoms with Crippen molar-refractivity contribution in [2.45, 2.75) is 40.2 Å². The first-order valence-corrected chi connectivity index (χ1v) is 6.23. The van der Waals surface area contributed by atoms with Crippen molar-refractivity contribution in [1.29, 1.82) is 0 Å². The van der Waals surface area contributed by atoms with Gasteiger partial charge in [0.2, 0.25) is 0 Å². The summed E-state index contributed by atoms with van der Waals surface area (Å²) in [4.78, 5) is 11.7. The molecule has 0 amide bonds. The van der Waals surface area contributed by atoms with Gasteiger partial charge < -0.3 is 10.1 Å². The molecule has 0 saturated carbocycles. The maximum atomic E-state index is 11.7. The van der Waals surface area contributed by atoms with Gasteiger partial charge in [-0.15, -0.1) is 0 Å². The third kappa shape index (κ3) is 4.78. The number of Topliss-reactive ketones (excluding diaryl/α,β-unsaturated/α-hetero) is 1. The lowest BCUT2D eigenvalue weighted by molar-refractivity contribution is -0.118. The first-order valence-electron chi connectivity index (χ1n) is 6.23. The molecule has 1 aromatic rings. The zero-order valence-corrected chi connectivity index (χ0v) is 11.9. The van der Waals surface area contributed by atoms with Gasteiger partial charge in [-0.3, -0.25) is 4.79 Å². The Morgan fingerprint density at radius 2 is 1.83 bits per heavy atom. The number of ether oxygens (including phenoxy) is 1. The number of carbonyl (C=O) groups is 1. The van der Waals surface area contributed by atoms with Crippen LogP contribution in [0.2, 0.25) is 0 Å². The van der Waals surface area contributed by atoms with Crippen LogP contribution < -0.4 is 10.1 Å². The molecule has 0 saturated heterocycles. The summed E-state index contributed by atoms with van der Waals surface area (Å²) in [5.74, 6) is 0.983. The Hall–Kier alpha value is -1.51. The zero-order chi connectivity index (χ0) is 13.8. The molecule has 3 nitrogen and oxygen atoms in total. The minimum atomic E-state index is -0.140. The molecule has 0 spiro atoms. The summed E-state index contributed by atoms with van der Waals surface area (Å²) in [5, 5.41) is 3.28. The Morgan fingerprint density at radius 3 is 2.22 bits per heavy atom. The fourth-order valence-corrected chi connectivity index (χ4v) is 1.80. The van der Waals surface area contributed by atoms with Crippen molar-refractivity contribution in [1.82, 2.24) is 0 Å². The second-order valence-electron chi connectivity index (χ2n) is 5.80. The highest BCUT2D eigenvalue weighted by atomic mass is 16.5. The molecule has 18 heavy (non-hydrogen) atoms. The quantitative estimate of drug-likeness (QED) is 0.868. The van der Waals surface area contributed by atoms with E-state index in [-0.39, 0.29) is 17.2 Å². The van der Waals surface area contributed by atoms with E-state index in [1.54, 1.807) is 14.0 Å². The molecule has 0 aromatic heterocycles. The normalized spacial score (nSPS) is 12.9. The Labute approximate surface area is 110 Å². The van der Waals surface area contributed by atoms with E-state index in [1.807, 2.05) is 24.3 Å². The number of hydrogen-bond acceptors (Lipinski definition) is 3. The molecule has 1 N–H and O–H groups in total. The number of ketones is 1. The highest BCUT2D eigenvalue weighted by Crippen LogP contribution is 2.24. The van der Waals surface area contributed by atoms with Crippen LogP contribution in [0.3, 0.4) is 0 Å². The highest BCUT2D eigenvalue weighted by Gasteiger charge is 2.21. The van der Waals surface area contributed by atoms with E-state index >= 15 is 0 Å². The van der Waals surface area contributed by atoms with Gasteiger partial charge >= 0.3 is 0 Å². The van der Waals surface area contributed by atoms with Crippen molar-refractivity contribution in [2.24, 2.45) is 5.41 Å². The lowest BCUT2D eigenvalue weighted by atomic mass is 9.87. The summed E-state index contributed by atoms with van der Waals surface area (Å²) >= 11 is 0. The van der Waals surface area contributed by atoms with Gasteiger partial charge in [0.05, 0.1) is 13.2 Å². The average Bonchev–Trinajstić information content (AvgIpc) is 2.27. The van der Waals surface area contributed by atoms with Crippen molar-refractivity contribution >= 4 is 11.5 Å². The topological polar surface area (TPSA) is 38.3 Å². The molecule has 0 aliphatic rings. The molecular formula is C15H23NO2. The fraction of sp³-hybridized carbons (Fsp3) is 0.533. The van der Waals surface area contributed by atoms with Crippen molar-refractivity contribution in [3.05, 3.63) is 24.3 Å². The molecule has 1 rings (SSSR count). The van der Waals surface area contributed by atoms with E-state index in [4.69, 9.17) is 4.74 Å². The van der Waals surface area contributed by atoms with Gasteiger partial charge in [0, 0.05) is 5.69 Å². The molecule has 1 aromatic carbocycles. The van der Waals surface area contributed by atoms with Gasteiger partial charge in [0.25, 0.3) is 0 Å². The molecule has 0 bridgehead atoms. The van der Waals surface area contributed by atoms with Crippen molar-refractivity contribution in [3.63, 3.8) is 0 Å². The van der Waals surface area contributed by atoms with Crippen molar-refractivity contribution in [3.8, 4) is 5.75 Å². The number of carbonyl (C=O) groups excluding carboxylic acids is 1. The number of nitrogens with one attached hydrogen (secondary N) is 1. The average molecular weight is 249 g/mol. The first-order chi connectivity index (χ1) is 8.31. The molecular weight excluding hydrogens is 226 g/mol. The van der Waals surface area contributed by atoms with Crippen LogP contribution in [0.5, 0.6) is 5.75 Å². The number of methoxy groups -OCH3 is 1. The van der Waals surface area contributed by atoms with E-state index < -0.39 is 0 Å². The minimum Gasteiger partial charge on any atom is -0.497 e. The van der Waals surface area contributed by atoms with E-state index in [0.717, 1.165) is 17.9 Å². The molecule has 0 unspecified atom stereocenters. The van der Waals surface area contributed by atoms with Crippen LogP contribution in [-0.2, 0) is 4.79 Å². The minimum absolute atomic E-state index is 0.121. The van der Waals surface area contributed by atoms with Gasteiger partial charge in [-0.2, -0.15) is 0 Å². The molecule has 1 atom stereocenters. The summed E-state index contributed by atoms with van der Waals surface area (Å²) in [6.07, 6.45) is 0.814. The van der Waals surface area contributed by atoms with Crippen LogP contribution in [0.4, 0.5) is 5.69 Å². The smallest absolute Gasteiger partial charge is 0.151 e. The van der Waals surface area contributed by atoms with Crippen LogP contribution in [0, 0.1) is 5.41 Å². The number of rotatable bonds is 5. The summed E-state index contributed by atoms with van der Waals surface area (Å²) in [6, 6.07) is 7.49. The van der Waals surface area contributed by atoms with Gasteiger partial charge in [-0.05, 0) is 43.0 Å². The SMILES string of the molecule is COc1ccc(N[C@@H](CC(C)(C)C)C(C)=O)cc1. The second kappa shape index (κ2) is 5.89. The third-order valence-electron chi connectivity index (χ3n) is 2.74. The first kappa shape index (κ1) is 14.6. The third-order valence-corrected chi connectivity index (χ3v) is 2.74. The number of anilines is 1. The molecule has 3 heteroatoms. The van der Waals surface area contributed by atoms with Crippen LogP contribution in [0.25, 0.3) is 0 Å². The summed E-state index contributed by atoms with van der Waals surface area (Å²) in [5.41, 5.74) is 1.07. The largest absolute Gasteiger partial charge is 0.497 e. The number of benzene rings is 1. The maximum Gasteiger partial charge on any atom is 0.151 e. The van der Waals surface area contributed by atoms with Crippen LogP contribution in [0.1, 0.15) is 34.1 Å².